The number of para-hydroxylation sites is 1. The van der Waals surface area contributed by atoms with Crippen molar-refractivity contribution in [3.63, 3.8) is 0 Å². The van der Waals surface area contributed by atoms with Crippen molar-refractivity contribution in [2.75, 3.05) is 5.32 Å². The lowest BCUT2D eigenvalue weighted by Gasteiger charge is -2.12. The predicted molar refractivity (Wildman–Crippen MR) is 106 cm³/mol. The molecule has 0 aliphatic heterocycles. The number of carbonyl (C=O) groups excluding carboxylic acids is 1. The Morgan fingerprint density at radius 1 is 1.08 bits per heavy atom. The van der Waals surface area contributed by atoms with Crippen molar-refractivity contribution in [2.45, 2.75) is 26.2 Å². The lowest BCUT2D eigenvalue weighted by atomic mass is 10.0. The Morgan fingerprint density at radius 3 is 2.88 bits per heavy atom. The first-order chi connectivity index (χ1) is 12.7. The number of fused-ring (bicyclic) bond motifs is 3. The van der Waals surface area contributed by atoms with E-state index in [9.17, 15) is 4.79 Å². The second-order valence-electron chi connectivity index (χ2n) is 6.65. The summed E-state index contributed by atoms with van der Waals surface area (Å²) in [5.74, 6) is -0.0534. The van der Waals surface area contributed by atoms with Gasteiger partial charge in [0.15, 0.2) is 0 Å². The molecule has 2 heterocycles. The summed E-state index contributed by atoms with van der Waals surface area (Å²) in [6, 6.07) is 13.8. The van der Waals surface area contributed by atoms with Gasteiger partial charge in [0, 0.05) is 16.8 Å². The normalized spacial score (nSPS) is 13.3. The van der Waals surface area contributed by atoms with E-state index in [1.807, 2.05) is 49.4 Å². The van der Waals surface area contributed by atoms with E-state index >= 15 is 0 Å². The summed E-state index contributed by atoms with van der Waals surface area (Å²) in [6.07, 6.45) is 2.93. The number of hydrogen-bond donors (Lipinski definition) is 1. The van der Waals surface area contributed by atoms with Crippen molar-refractivity contribution >= 4 is 44.1 Å². The van der Waals surface area contributed by atoms with Gasteiger partial charge in [0.1, 0.15) is 0 Å². The van der Waals surface area contributed by atoms with E-state index in [2.05, 4.69) is 10.3 Å². The molecular weight excluding hydrogens is 342 g/mol. The molecule has 1 aliphatic rings. The van der Waals surface area contributed by atoms with Gasteiger partial charge in [0.2, 0.25) is 0 Å². The Labute approximate surface area is 154 Å². The summed E-state index contributed by atoms with van der Waals surface area (Å²) in [4.78, 5) is 22.4. The molecule has 0 radical (unpaired) electrons. The van der Waals surface area contributed by atoms with Crippen LogP contribution < -0.4 is 5.32 Å². The fraction of sp³-hybridized carbons (Fsp3) is 0.190. The molecule has 0 unspecified atom stereocenters. The van der Waals surface area contributed by atoms with E-state index in [0.717, 1.165) is 67.9 Å². The molecule has 0 saturated heterocycles. The summed E-state index contributed by atoms with van der Waals surface area (Å²) in [5.41, 5.74) is 5.63. The lowest BCUT2D eigenvalue weighted by molar-refractivity contribution is 0.102. The van der Waals surface area contributed by atoms with Gasteiger partial charge < -0.3 is 5.32 Å². The number of aryl methyl sites for hydroxylation is 2. The lowest BCUT2D eigenvalue weighted by Crippen LogP contribution is -2.15. The molecule has 0 bridgehead atoms. The van der Waals surface area contributed by atoms with Crippen LogP contribution in [0.3, 0.4) is 0 Å². The molecule has 4 nitrogen and oxygen atoms in total. The van der Waals surface area contributed by atoms with Crippen molar-refractivity contribution < 1.29 is 4.79 Å². The Hall–Kier alpha value is -2.79. The molecule has 2 aromatic heterocycles. The van der Waals surface area contributed by atoms with E-state index in [4.69, 9.17) is 4.98 Å². The topological polar surface area (TPSA) is 54.9 Å². The summed E-state index contributed by atoms with van der Waals surface area (Å²) >= 11 is 1.64. The van der Waals surface area contributed by atoms with Crippen LogP contribution in [0, 0.1) is 6.92 Å². The number of carbonyl (C=O) groups is 1. The highest BCUT2D eigenvalue weighted by Crippen LogP contribution is 2.31. The number of rotatable bonds is 2. The molecule has 4 aromatic rings. The number of nitrogens with zero attached hydrogens (tertiary/aromatic N) is 2. The number of anilines is 1. The third-order valence-electron chi connectivity index (χ3n) is 4.90. The third kappa shape index (κ3) is 2.47. The molecule has 0 fully saturated rings. The van der Waals surface area contributed by atoms with Crippen LogP contribution in [0.15, 0.2) is 42.5 Å². The summed E-state index contributed by atoms with van der Waals surface area (Å²) in [6.45, 7) is 2.00. The molecule has 5 rings (SSSR count). The molecule has 0 saturated carbocycles. The molecule has 26 heavy (non-hydrogen) atoms. The molecule has 128 valence electrons. The molecule has 0 spiro atoms. The van der Waals surface area contributed by atoms with Gasteiger partial charge in [-0.3, -0.25) is 9.78 Å². The van der Waals surface area contributed by atoms with Gasteiger partial charge in [-0.15, -0.1) is 11.3 Å². The van der Waals surface area contributed by atoms with Gasteiger partial charge >= 0.3 is 0 Å². The number of hydrogen-bond acceptors (Lipinski definition) is 4. The molecule has 1 amide bonds. The van der Waals surface area contributed by atoms with E-state index in [-0.39, 0.29) is 5.91 Å². The van der Waals surface area contributed by atoms with Crippen LogP contribution in [0.1, 0.15) is 33.0 Å². The minimum Gasteiger partial charge on any atom is -0.322 e. The Morgan fingerprint density at radius 2 is 1.96 bits per heavy atom. The second-order valence-corrected chi connectivity index (χ2v) is 7.89. The van der Waals surface area contributed by atoms with Crippen LogP contribution in [0.2, 0.25) is 0 Å². The van der Waals surface area contributed by atoms with Gasteiger partial charge in [-0.1, -0.05) is 18.2 Å². The molecule has 2 aromatic carbocycles. The summed E-state index contributed by atoms with van der Waals surface area (Å²) in [5, 5.41) is 5.05. The Balaban J connectivity index is 1.59. The number of nitrogens with one attached hydrogen (secondary N) is 1. The molecule has 1 N–H and O–H groups in total. The van der Waals surface area contributed by atoms with Crippen molar-refractivity contribution in [3.8, 4) is 0 Å². The van der Waals surface area contributed by atoms with Crippen molar-refractivity contribution in [2.24, 2.45) is 0 Å². The van der Waals surface area contributed by atoms with Gasteiger partial charge in [0.25, 0.3) is 5.91 Å². The minimum absolute atomic E-state index is 0.0534. The van der Waals surface area contributed by atoms with Crippen LogP contribution in [0.25, 0.3) is 21.1 Å². The zero-order chi connectivity index (χ0) is 17.7. The van der Waals surface area contributed by atoms with E-state index in [1.54, 1.807) is 11.3 Å². The first-order valence-electron chi connectivity index (χ1n) is 8.78. The minimum atomic E-state index is -0.0534. The van der Waals surface area contributed by atoms with E-state index < -0.39 is 0 Å². The predicted octanol–water partition coefficient (Wildman–Crippen LogP) is 4.89. The van der Waals surface area contributed by atoms with Crippen molar-refractivity contribution in [1.29, 1.82) is 0 Å². The maximum Gasteiger partial charge on any atom is 0.256 e. The number of amides is 1. The van der Waals surface area contributed by atoms with Gasteiger partial charge in [-0.05, 0) is 56.0 Å². The number of benzene rings is 2. The quantitative estimate of drug-likeness (QED) is 0.554. The van der Waals surface area contributed by atoms with Crippen LogP contribution in [0.5, 0.6) is 0 Å². The highest BCUT2D eigenvalue weighted by Gasteiger charge is 2.23. The molecule has 5 heteroatoms. The van der Waals surface area contributed by atoms with E-state index in [0.29, 0.717) is 0 Å². The first kappa shape index (κ1) is 15.5. The second kappa shape index (κ2) is 5.88. The largest absolute Gasteiger partial charge is 0.322 e. The molecular formula is C21H17N3OS. The maximum atomic E-state index is 13.2. The number of thiazole rings is 1. The van der Waals surface area contributed by atoms with Gasteiger partial charge in [0.05, 0.1) is 26.3 Å². The monoisotopic (exact) mass is 359 g/mol. The first-order valence-corrected chi connectivity index (χ1v) is 9.60. The smallest absolute Gasteiger partial charge is 0.256 e. The summed E-state index contributed by atoms with van der Waals surface area (Å²) in [7, 11) is 0. The average molecular weight is 359 g/mol. The fourth-order valence-electron chi connectivity index (χ4n) is 3.78. The van der Waals surface area contributed by atoms with Gasteiger partial charge in [-0.25, -0.2) is 4.98 Å². The Bertz CT molecular complexity index is 1180. The van der Waals surface area contributed by atoms with Crippen molar-refractivity contribution in [3.05, 3.63) is 64.3 Å². The average Bonchev–Trinajstić information content (AvgIpc) is 3.24. The third-order valence-corrected chi connectivity index (χ3v) is 5.83. The van der Waals surface area contributed by atoms with Crippen LogP contribution >= 0.6 is 11.3 Å². The van der Waals surface area contributed by atoms with Crippen LogP contribution in [0.4, 0.5) is 5.69 Å². The number of pyridine rings is 1. The molecule has 1 aliphatic carbocycles. The highest BCUT2D eigenvalue weighted by atomic mass is 32.1. The standard InChI is InChI=1S/C21H17N3OS/c1-12-22-18-10-9-13(11-19(18)26-12)23-21(25)20-14-5-2-3-7-16(14)24-17-8-4-6-15(17)20/h2-3,5,7,9-11H,4,6,8H2,1H3,(H,23,25). The maximum absolute atomic E-state index is 13.2. The zero-order valence-electron chi connectivity index (χ0n) is 14.4. The van der Waals surface area contributed by atoms with Gasteiger partial charge in [-0.2, -0.15) is 0 Å². The van der Waals surface area contributed by atoms with Crippen LogP contribution in [-0.2, 0) is 12.8 Å². The van der Waals surface area contributed by atoms with Crippen molar-refractivity contribution in [1.82, 2.24) is 9.97 Å². The zero-order valence-corrected chi connectivity index (χ0v) is 15.2. The Kier molecular flexibility index (Phi) is 3.50. The summed E-state index contributed by atoms with van der Waals surface area (Å²) < 4.78 is 1.09. The van der Waals surface area contributed by atoms with E-state index in [1.165, 1.54) is 0 Å². The SMILES string of the molecule is Cc1nc2ccc(NC(=O)c3c4c(nc5ccccc35)CCC4)cc2s1. The van der Waals surface area contributed by atoms with Crippen LogP contribution in [-0.4, -0.2) is 15.9 Å². The fourth-order valence-corrected chi connectivity index (χ4v) is 4.65. The molecule has 0 atom stereocenters. The highest BCUT2D eigenvalue weighted by molar-refractivity contribution is 7.18. The number of aromatic nitrogens is 2.